The van der Waals surface area contributed by atoms with Crippen molar-refractivity contribution < 1.29 is 23.1 Å². The fraction of sp³-hybridized carbons (Fsp3) is 0.0870. The van der Waals surface area contributed by atoms with Gasteiger partial charge >= 0.3 is 5.97 Å². The van der Waals surface area contributed by atoms with Gasteiger partial charge < -0.3 is 10.4 Å². The van der Waals surface area contributed by atoms with Crippen molar-refractivity contribution >= 4 is 44.9 Å². The molecule has 1 heterocycles. The first-order valence-corrected chi connectivity index (χ1v) is 11.5. The summed E-state index contributed by atoms with van der Waals surface area (Å²) in [6, 6.07) is 16.5. The number of sulfonamides is 1. The molecule has 0 saturated heterocycles. The number of hydrogen-bond donors (Lipinski definition) is 2. The first kappa shape index (κ1) is 22.3. The lowest BCUT2D eigenvalue weighted by Gasteiger charge is -2.30. The molecule has 0 saturated carbocycles. The van der Waals surface area contributed by atoms with Crippen molar-refractivity contribution in [2.75, 3.05) is 16.2 Å². The third-order valence-electron chi connectivity index (χ3n) is 5.22. The minimum atomic E-state index is -3.93. The molecule has 0 bridgehead atoms. The lowest BCUT2D eigenvalue weighted by Crippen LogP contribution is -2.37. The number of hydrogen-bond acceptors (Lipinski definition) is 5. The summed E-state index contributed by atoms with van der Waals surface area (Å²) in [5.74, 6) is -1.99. The fourth-order valence-corrected chi connectivity index (χ4v) is 5.44. The molecule has 4 rings (SSSR count). The Morgan fingerprint density at radius 2 is 1.79 bits per heavy atom. The summed E-state index contributed by atoms with van der Waals surface area (Å²) in [5, 5.41) is 21.3. The number of halogens is 1. The Kier molecular flexibility index (Phi) is 5.80. The van der Waals surface area contributed by atoms with Crippen molar-refractivity contribution in [3.8, 4) is 6.07 Å². The van der Waals surface area contributed by atoms with E-state index in [-0.39, 0.29) is 33.8 Å². The number of benzene rings is 3. The Balaban J connectivity index is 1.67. The van der Waals surface area contributed by atoms with Crippen LogP contribution in [0.3, 0.4) is 0 Å². The molecule has 0 unspecified atom stereocenters. The van der Waals surface area contributed by atoms with Gasteiger partial charge in [-0.3, -0.25) is 9.10 Å². The summed E-state index contributed by atoms with van der Waals surface area (Å²) in [5.41, 5.74) is 0.977. The van der Waals surface area contributed by atoms with Gasteiger partial charge in [0, 0.05) is 17.1 Å². The van der Waals surface area contributed by atoms with E-state index < -0.39 is 21.9 Å². The van der Waals surface area contributed by atoms with Crippen LogP contribution in [0.25, 0.3) is 0 Å². The van der Waals surface area contributed by atoms with E-state index in [1.165, 1.54) is 28.6 Å². The van der Waals surface area contributed by atoms with Crippen molar-refractivity contribution in [1.82, 2.24) is 0 Å². The molecule has 166 valence electrons. The van der Waals surface area contributed by atoms with Crippen molar-refractivity contribution in [3.63, 3.8) is 0 Å². The van der Waals surface area contributed by atoms with Crippen LogP contribution in [-0.4, -0.2) is 31.9 Å². The molecule has 0 radical (unpaired) electrons. The number of amides is 1. The second kappa shape index (κ2) is 8.58. The monoisotopic (exact) mass is 481 g/mol. The summed E-state index contributed by atoms with van der Waals surface area (Å²) in [6.45, 7) is 0.246. The maximum Gasteiger partial charge on any atom is 0.337 e. The number of anilines is 2. The number of fused-ring (bicyclic) bond motifs is 1. The number of carboxylic acids is 1. The van der Waals surface area contributed by atoms with E-state index in [9.17, 15) is 23.1 Å². The molecule has 0 aromatic heterocycles. The van der Waals surface area contributed by atoms with Crippen molar-refractivity contribution in [1.29, 1.82) is 5.26 Å². The Morgan fingerprint density at radius 3 is 2.45 bits per heavy atom. The first-order valence-electron chi connectivity index (χ1n) is 9.71. The largest absolute Gasteiger partial charge is 0.478 e. The standard InChI is InChI=1S/C23H16ClN3O5S/c24-17-4-6-18(7-5-17)27-10-9-15-2-3-16(12-21(15)33(27,31)32)22(28)26-20-8-1-14(13-25)11-19(20)23(29)30/h1-8,11-12H,9-10H2,(H,26,28)(H,29,30). The average molecular weight is 482 g/mol. The molecule has 3 aromatic carbocycles. The molecule has 0 spiro atoms. The lowest BCUT2D eigenvalue weighted by atomic mass is 10.1. The SMILES string of the molecule is N#Cc1ccc(NC(=O)c2ccc3c(c2)S(=O)(=O)N(c2ccc(Cl)cc2)CC3)c(C(=O)O)c1. The predicted octanol–water partition coefficient (Wildman–Crippen LogP) is 3.91. The number of nitrogens with one attached hydrogen (secondary N) is 1. The molecule has 33 heavy (non-hydrogen) atoms. The molecule has 1 aliphatic heterocycles. The quantitative estimate of drug-likeness (QED) is 0.581. The summed E-state index contributed by atoms with van der Waals surface area (Å²) < 4.78 is 27.8. The van der Waals surface area contributed by atoms with E-state index in [0.717, 1.165) is 6.07 Å². The van der Waals surface area contributed by atoms with E-state index in [2.05, 4.69) is 5.32 Å². The van der Waals surface area contributed by atoms with Gasteiger partial charge in [-0.1, -0.05) is 17.7 Å². The topological polar surface area (TPSA) is 128 Å². The summed E-state index contributed by atoms with van der Waals surface area (Å²) >= 11 is 5.91. The highest BCUT2D eigenvalue weighted by atomic mass is 35.5. The van der Waals surface area contributed by atoms with Crippen LogP contribution in [-0.2, 0) is 16.4 Å². The molecule has 3 aromatic rings. The maximum absolute atomic E-state index is 13.3. The Morgan fingerprint density at radius 1 is 1.06 bits per heavy atom. The highest BCUT2D eigenvalue weighted by Crippen LogP contribution is 2.32. The van der Waals surface area contributed by atoms with Gasteiger partial charge in [0.05, 0.1) is 33.5 Å². The third-order valence-corrected chi connectivity index (χ3v) is 7.39. The molecular formula is C23H16ClN3O5S. The zero-order valence-corrected chi connectivity index (χ0v) is 18.5. The first-order chi connectivity index (χ1) is 15.7. The number of carbonyl (C=O) groups excluding carboxylic acids is 1. The van der Waals surface area contributed by atoms with E-state index >= 15 is 0 Å². The molecule has 8 nitrogen and oxygen atoms in total. The molecule has 1 aliphatic rings. The van der Waals surface area contributed by atoms with Gasteiger partial charge in [-0.05, 0) is 66.6 Å². The number of nitriles is 1. The van der Waals surface area contributed by atoms with E-state index in [1.807, 2.05) is 6.07 Å². The molecule has 0 fully saturated rings. The van der Waals surface area contributed by atoms with E-state index in [0.29, 0.717) is 22.7 Å². The maximum atomic E-state index is 13.3. The number of aromatic carboxylic acids is 1. The van der Waals surface area contributed by atoms with Crippen LogP contribution in [0.1, 0.15) is 31.8 Å². The second-order valence-electron chi connectivity index (χ2n) is 7.26. The molecule has 2 N–H and O–H groups in total. The normalized spacial score (nSPS) is 14.1. The predicted molar refractivity (Wildman–Crippen MR) is 122 cm³/mol. The van der Waals surface area contributed by atoms with E-state index in [4.69, 9.17) is 16.9 Å². The van der Waals surface area contributed by atoms with Gasteiger partial charge in [-0.15, -0.1) is 0 Å². The van der Waals surface area contributed by atoms with Gasteiger partial charge in [0.15, 0.2) is 0 Å². The zero-order chi connectivity index (χ0) is 23.8. The molecule has 0 atom stereocenters. The average Bonchev–Trinajstić information content (AvgIpc) is 2.80. The Bertz CT molecular complexity index is 1430. The molecular weight excluding hydrogens is 466 g/mol. The fourth-order valence-electron chi connectivity index (χ4n) is 3.57. The summed E-state index contributed by atoms with van der Waals surface area (Å²) in [4.78, 5) is 24.4. The Labute approximate surface area is 194 Å². The number of carbonyl (C=O) groups is 2. The van der Waals surface area contributed by atoms with E-state index in [1.54, 1.807) is 30.3 Å². The van der Waals surface area contributed by atoms with Gasteiger partial charge in [-0.2, -0.15) is 5.26 Å². The van der Waals surface area contributed by atoms with Crippen LogP contribution >= 0.6 is 11.6 Å². The highest BCUT2D eigenvalue weighted by Gasteiger charge is 2.32. The molecule has 1 amide bonds. The van der Waals surface area contributed by atoms with Crippen LogP contribution < -0.4 is 9.62 Å². The second-order valence-corrected chi connectivity index (χ2v) is 9.52. The van der Waals surface area contributed by atoms with Gasteiger partial charge in [0.2, 0.25) is 0 Å². The third kappa shape index (κ3) is 4.26. The smallest absolute Gasteiger partial charge is 0.337 e. The van der Waals surface area contributed by atoms with Crippen LogP contribution in [0.2, 0.25) is 5.02 Å². The van der Waals surface area contributed by atoms with Crippen molar-refractivity contribution in [3.05, 3.63) is 87.9 Å². The van der Waals surface area contributed by atoms with Crippen LogP contribution in [0.15, 0.2) is 65.6 Å². The summed E-state index contributed by atoms with van der Waals surface area (Å²) in [7, 11) is -3.93. The number of carboxylic acid groups (broad SMARTS) is 1. The molecule has 0 aliphatic carbocycles. The molecule has 10 heteroatoms. The van der Waals surface area contributed by atoms with Crippen molar-refractivity contribution in [2.24, 2.45) is 0 Å². The van der Waals surface area contributed by atoms with Gasteiger partial charge in [0.25, 0.3) is 15.9 Å². The minimum absolute atomic E-state index is 0.00475. The van der Waals surface area contributed by atoms with Crippen LogP contribution in [0.4, 0.5) is 11.4 Å². The highest BCUT2D eigenvalue weighted by molar-refractivity contribution is 7.93. The minimum Gasteiger partial charge on any atom is -0.478 e. The zero-order valence-electron chi connectivity index (χ0n) is 16.9. The van der Waals surface area contributed by atoms with Crippen LogP contribution in [0.5, 0.6) is 0 Å². The summed E-state index contributed by atoms with van der Waals surface area (Å²) in [6.07, 6.45) is 0.456. The van der Waals surface area contributed by atoms with Gasteiger partial charge in [-0.25, -0.2) is 13.2 Å². The van der Waals surface area contributed by atoms with Crippen molar-refractivity contribution in [2.45, 2.75) is 11.3 Å². The Hall–Kier alpha value is -3.87. The lowest BCUT2D eigenvalue weighted by molar-refractivity contribution is 0.0698. The number of rotatable bonds is 4. The van der Waals surface area contributed by atoms with Gasteiger partial charge in [0.1, 0.15) is 0 Å². The number of nitrogens with zero attached hydrogens (tertiary/aromatic N) is 2. The van der Waals surface area contributed by atoms with Crippen LogP contribution in [0, 0.1) is 11.3 Å².